The lowest BCUT2D eigenvalue weighted by Gasteiger charge is -2.07. The Hall–Kier alpha value is -3.73. The number of hydrogen-bond donors (Lipinski definition) is 2. The maximum Gasteiger partial charge on any atom is 0.248 e. The van der Waals surface area contributed by atoms with Crippen LogP contribution in [-0.4, -0.2) is 20.9 Å². The first-order valence-corrected chi connectivity index (χ1v) is 9.97. The predicted molar refractivity (Wildman–Crippen MR) is 120 cm³/mol. The zero-order chi connectivity index (χ0) is 21.3. The van der Waals surface area contributed by atoms with Crippen molar-refractivity contribution >= 4 is 5.91 Å². The van der Waals surface area contributed by atoms with Crippen LogP contribution in [-0.2, 0) is 0 Å². The van der Waals surface area contributed by atoms with Crippen LogP contribution in [0, 0.1) is 6.92 Å². The second-order valence-corrected chi connectivity index (χ2v) is 7.69. The van der Waals surface area contributed by atoms with Crippen LogP contribution in [0.5, 0.6) is 0 Å². The van der Waals surface area contributed by atoms with Crippen LogP contribution in [0.15, 0.2) is 66.7 Å². The van der Waals surface area contributed by atoms with Crippen LogP contribution >= 0.6 is 0 Å². The van der Waals surface area contributed by atoms with E-state index < -0.39 is 5.91 Å². The second kappa shape index (κ2) is 7.95. The van der Waals surface area contributed by atoms with Crippen molar-refractivity contribution in [1.82, 2.24) is 15.0 Å². The third kappa shape index (κ3) is 3.87. The van der Waals surface area contributed by atoms with Crippen LogP contribution in [0.4, 0.5) is 0 Å². The van der Waals surface area contributed by atoms with Crippen LogP contribution in [0.1, 0.15) is 41.6 Å². The summed E-state index contributed by atoms with van der Waals surface area (Å²) in [5, 5.41) is 0. The quantitative estimate of drug-likeness (QED) is 0.478. The smallest absolute Gasteiger partial charge is 0.248 e. The molecule has 4 aromatic rings. The first-order chi connectivity index (χ1) is 14.4. The molecule has 0 unspecified atom stereocenters. The van der Waals surface area contributed by atoms with E-state index in [1.54, 1.807) is 6.07 Å². The van der Waals surface area contributed by atoms with Gasteiger partial charge in [-0.3, -0.25) is 9.78 Å². The van der Waals surface area contributed by atoms with Gasteiger partial charge in [0.05, 0.1) is 17.1 Å². The Bertz CT molecular complexity index is 1220. The Balaban J connectivity index is 1.84. The van der Waals surface area contributed by atoms with Crippen molar-refractivity contribution in [3.05, 3.63) is 83.8 Å². The summed E-state index contributed by atoms with van der Waals surface area (Å²) >= 11 is 0. The number of carbonyl (C=O) groups is 1. The highest BCUT2D eigenvalue weighted by Crippen LogP contribution is 2.33. The zero-order valence-electron chi connectivity index (χ0n) is 17.3. The zero-order valence-corrected chi connectivity index (χ0v) is 17.3. The maximum atomic E-state index is 11.6. The van der Waals surface area contributed by atoms with Gasteiger partial charge >= 0.3 is 0 Å². The molecule has 0 saturated heterocycles. The average molecular weight is 396 g/mol. The second-order valence-electron chi connectivity index (χ2n) is 7.69. The maximum absolute atomic E-state index is 11.6. The molecule has 5 heteroatoms. The molecule has 4 rings (SSSR count). The fourth-order valence-corrected chi connectivity index (χ4v) is 3.44. The molecule has 0 aliphatic heterocycles. The minimum Gasteiger partial charge on any atom is -0.366 e. The van der Waals surface area contributed by atoms with Crippen molar-refractivity contribution in [3.63, 3.8) is 0 Å². The highest BCUT2D eigenvalue weighted by molar-refractivity contribution is 5.94. The van der Waals surface area contributed by atoms with Crippen LogP contribution in [0.3, 0.4) is 0 Å². The van der Waals surface area contributed by atoms with E-state index >= 15 is 0 Å². The van der Waals surface area contributed by atoms with Gasteiger partial charge in [0.15, 0.2) is 0 Å². The molecule has 0 radical (unpaired) electrons. The number of aromatic amines is 1. The molecule has 2 aromatic carbocycles. The van der Waals surface area contributed by atoms with Gasteiger partial charge in [0.1, 0.15) is 5.82 Å². The van der Waals surface area contributed by atoms with Crippen LogP contribution < -0.4 is 5.73 Å². The first-order valence-electron chi connectivity index (χ1n) is 9.97. The molecule has 0 spiro atoms. The van der Waals surface area contributed by atoms with Gasteiger partial charge in [-0.2, -0.15) is 0 Å². The number of imidazole rings is 1. The van der Waals surface area contributed by atoms with Gasteiger partial charge in [0, 0.05) is 22.7 Å². The summed E-state index contributed by atoms with van der Waals surface area (Å²) in [4.78, 5) is 24.6. The van der Waals surface area contributed by atoms with Gasteiger partial charge < -0.3 is 10.7 Å². The molecule has 0 fully saturated rings. The molecule has 5 nitrogen and oxygen atoms in total. The van der Waals surface area contributed by atoms with E-state index in [4.69, 9.17) is 15.7 Å². The number of nitrogens with zero attached hydrogens (tertiary/aromatic N) is 2. The molecule has 3 N–H and O–H groups in total. The summed E-state index contributed by atoms with van der Waals surface area (Å²) in [6, 6.07) is 21.5. The van der Waals surface area contributed by atoms with E-state index in [0.717, 1.165) is 45.3 Å². The molecule has 0 aliphatic carbocycles. The van der Waals surface area contributed by atoms with Crippen molar-refractivity contribution < 1.29 is 4.79 Å². The van der Waals surface area contributed by atoms with Crippen LogP contribution in [0.2, 0.25) is 0 Å². The van der Waals surface area contributed by atoms with Crippen molar-refractivity contribution in [3.8, 4) is 33.8 Å². The molecule has 150 valence electrons. The number of aromatic nitrogens is 3. The first kappa shape index (κ1) is 19.6. The van der Waals surface area contributed by atoms with Gasteiger partial charge in [-0.05, 0) is 48.4 Å². The molecular weight excluding hydrogens is 372 g/mol. The number of amides is 1. The van der Waals surface area contributed by atoms with E-state index in [-0.39, 0.29) is 5.92 Å². The van der Waals surface area contributed by atoms with Crippen molar-refractivity contribution in [2.24, 2.45) is 5.73 Å². The van der Waals surface area contributed by atoms with Crippen molar-refractivity contribution in [2.45, 2.75) is 26.7 Å². The molecule has 1 amide bonds. The third-order valence-corrected chi connectivity index (χ3v) is 5.03. The van der Waals surface area contributed by atoms with E-state index in [1.165, 1.54) is 0 Å². The minimum absolute atomic E-state index is 0.262. The lowest BCUT2D eigenvalue weighted by Crippen LogP contribution is -2.10. The molecule has 30 heavy (non-hydrogen) atoms. The van der Waals surface area contributed by atoms with Gasteiger partial charge in [0.25, 0.3) is 0 Å². The molecule has 0 saturated carbocycles. The average Bonchev–Trinajstić information content (AvgIpc) is 3.20. The molecular formula is C25H24N4O. The highest BCUT2D eigenvalue weighted by Gasteiger charge is 2.17. The number of benzene rings is 2. The number of nitrogens with two attached hydrogens (primary N) is 1. The Morgan fingerprint density at radius 1 is 0.900 bits per heavy atom. The lowest BCUT2D eigenvalue weighted by atomic mass is 9.99. The monoisotopic (exact) mass is 396 g/mol. The SMILES string of the molecule is Cc1cccc(-c2[nH]c(C(C)C)nc2-c2cccc(-c3cccc(C(N)=O)c3)c2)n1. The van der Waals surface area contributed by atoms with E-state index in [2.05, 4.69) is 24.9 Å². The molecule has 0 bridgehead atoms. The minimum atomic E-state index is -0.435. The Labute approximate surface area is 176 Å². The number of pyridine rings is 1. The summed E-state index contributed by atoms with van der Waals surface area (Å²) in [6.45, 7) is 6.21. The molecule has 2 aromatic heterocycles. The van der Waals surface area contributed by atoms with Gasteiger partial charge in [-0.15, -0.1) is 0 Å². The van der Waals surface area contributed by atoms with E-state index in [0.29, 0.717) is 5.56 Å². The molecule has 0 aliphatic rings. The van der Waals surface area contributed by atoms with Gasteiger partial charge in [0.2, 0.25) is 5.91 Å². The number of aryl methyl sites for hydroxylation is 1. The van der Waals surface area contributed by atoms with E-state index in [1.807, 2.05) is 61.5 Å². The number of carbonyl (C=O) groups excluding carboxylic acids is 1. The summed E-state index contributed by atoms with van der Waals surface area (Å²) in [5.41, 5.74) is 12.4. The fourth-order valence-electron chi connectivity index (χ4n) is 3.44. The number of H-pyrrole nitrogens is 1. The fraction of sp³-hybridized carbons (Fsp3) is 0.160. The lowest BCUT2D eigenvalue weighted by molar-refractivity contribution is 0.100. The molecule has 0 atom stereocenters. The normalized spacial score (nSPS) is 11.1. The Morgan fingerprint density at radius 3 is 2.27 bits per heavy atom. The summed E-state index contributed by atoms with van der Waals surface area (Å²) in [6.07, 6.45) is 0. The summed E-state index contributed by atoms with van der Waals surface area (Å²) in [5.74, 6) is 0.747. The summed E-state index contributed by atoms with van der Waals surface area (Å²) in [7, 11) is 0. The number of primary amides is 1. The Morgan fingerprint density at radius 2 is 1.57 bits per heavy atom. The number of nitrogens with one attached hydrogen (secondary N) is 1. The predicted octanol–water partition coefficient (Wildman–Crippen LogP) is 5.34. The standard InChI is InChI=1S/C25H24N4O/c1-15(2)25-28-22(23(29-25)21-12-4-7-16(3)27-21)19-10-5-8-17(13-19)18-9-6-11-20(14-18)24(26)30/h4-15H,1-3H3,(H2,26,30)(H,28,29). The Kier molecular flexibility index (Phi) is 5.19. The van der Waals surface area contributed by atoms with Crippen molar-refractivity contribution in [2.75, 3.05) is 0 Å². The van der Waals surface area contributed by atoms with Gasteiger partial charge in [-0.1, -0.05) is 50.2 Å². The van der Waals surface area contributed by atoms with Crippen molar-refractivity contribution in [1.29, 1.82) is 0 Å². The summed E-state index contributed by atoms with van der Waals surface area (Å²) < 4.78 is 0. The number of hydrogen-bond acceptors (Lipinski definition) is 3. The molecule has 2 heterocycles. The topological polar surface area (TPSA) is 84.7 Å². The largest absolute Gasteiger partial charge is 0.366 e. The van der Waals surface area contributed by atoms with E-state index in [9.17, 15) is 4.79 Å². The number of rotatable bonds is 5. The van der Waals surface area contributed by atoms with Gasteiger partial charge in [-0.25, -0.2) is 4.98 Å². The third-order valence-electron chi connectivity index (χ3n) is 5.03. The highest BCUT2D eigenvalue weighted by atomic mass is 16.1. The van der Waals surface area contributed by atoms with Crippen LogP contribution in [0.25, 0.3) is 33.8 Å².